The van der Waals surface area contributed by atoms with Gasteiger partial charge in [0.15, 0.2) is 15.2 Å². The molecular formula is C10H10ClN3O2S2. The summed E-state index contributed by atoms with van der Waals surface area (Å²) in [6.45, 7) is 2.56. The smallest absolute Gasteiger partial charge is 0.351 e. The third-order valence-corrected chi connectivity index (χ3v) is 4.33. The molecule has 0 amide bonds. The molecule has 8 heteroatoms. The van der Waals surface area contributed by atoms with E-state index in [-0.39, 0.29) is 5.15 Å². The van der Waals surface area contributed by atoms with Gasteiger partial charge in [0.2, 0.25) is 0 Å². The zero-order valence-corrected chi connectivity index (χ0v) is 12.1. The van der Waals surface area contributed by atoms with Crippen LogP contribution in [0, 0.1) is 6.92 Å². The molecule has 5 nitrogen and oxygen atoms in total. The number of anilines is 1. The molecule has 0 spiro atoms. The molecule has 0 atom stereocenters. The first-order valence-electron chi connectivity index (χ1n) is 5.00. The molecular weight excluding hydrogens is 294 g/mol. The van der Waals surface area contributed by atoms with E-state index >= 15 is 0 Å². The summed E-state index contributed by atoms with van der Waals surface area (Å²) in [5.74, 6) is -0.473. The summed E-state index contributed by atoms with van der Waals surface area (Å²) in [5, 5.41) is 4.86. The first-order chi connectivity index (χ1) is 8.60. The predicted molar refractivity (Wildman–Crippen MR) is 72.6 cm³/mol. The van der Waals surface area contributed by atoms with Gasteiger partial charge < -0.3 is 10.1 Å². The van der Waals surface area contributed by atoms with Gasteiger partial charge in [-0.05, 0) is 6.92 Å². The minimum atomic E-state index is -0.473. The fourth-order valence-electron chi connectivity index (χ4n) is 1.25. The van der Waals surface area contributed by atoms with Crippen molar-refractivity contribution in [3.8, 4) is 0 Å². The highest BCUT2D eigenvalue weighted by atomic mass is 35.5. The fraction of sp³-hybridized carbons (Fsp3) is 0.300. The van der Waals surface area contributed by atoms with Gasteiger partial charge in [-0.15, -0.1) is 11.3 Å². The Labute approximate surface area is 117 Å². The molecule has 2 heterocycles. The van der Waals surface area contributed by atoms with E-state index in [1.54, 1.807) is 11.3 Å². The number of rotatable bonds is 4. The summed E-state index contributed by atoms with van der Waals surface area (Å²) >= 11 is 8.63. The molecule has 2 aromatic rings. The Morgan fingerprint density at radius 1 is 1.56 bits per heavy atom. The quantitative estimate of drug-likeness (QED) is 0.880. The van der Waals surface area contributed by atoms with Crippen LogP contribution in [0.5, 0.6) is 0 Å². The molecule has 0 aliphatic rings. The second-order valence-electron chi connectivity index (χ2n) is 3.33. The Morgan fingerprint density at radius 3 is 2.94 bits per heavy atom. The van der Waals surface area contributed by atoms with Crippen LogP contribution in [0.1, 0.15) is 19.6 Å². The average Bonchev–Trinajstić information content (AvgIpc) is 2.92. The van der Waals surface area contributed by atoms with Crippen molar-refractivity contribution in [2.45, 2.75) is 13.5 Å². The minimum absolute atomic E-state index is 0.162. The largest absolute Gasteiger partial charge is 0.465 e. The zero-order valence-electron chi connectivity index (χ0n) is 9.69. The summed E-state index contributed by atoms with van der Waals surface area (Å²) in [7, 11) is 1.31. The minimum Gasteiger partial charge on any atom is -0.465 e. The number of nitrogens with one attached hydrogen (secondary N) is 1. The maximum Gasteiger partial charge on any atom is 0.351 e. The molecule has 2 rings (SSSR count). The highest BCUT2D eigenvalue weighted by Crippen LogP contribution is 2.28. The lowest BCUT2D eigenvalue weighted by atomic mass is 10.5. The molecule has 18 heavy (non-hydrogen) atoms. The second kappa shape index (κ2) is 5.64. The van der Waals surface area contributed by atoms with Crippen LogP contribution >= 0.6 is 34.3 Å². The SMILES string of the molecule is COC(=O)c1sc(NCc2cnc(C)s2)nc1Cl. The summed E-state index contributed by atoms with van der Waals surface area (Å²) in [4.78, 5) is 21.0. The third kappa shape index (κ3) is 2.98. The van der Waals surface area contributed by atoms with E-state index in [1.807, 2.05) is 13.1 Å². The molecule has 0 fully saturated rings. The van der Waals surface area contributed by atoms with Gasteiger partial charge in [-0.3, -0.25) is 0 Å². The number of hydrogen-bond donors (Lipinski definition) is 1. The van der Waals surface area contributed by atoms with Crippen LogP contribution in [-0.2, 0) is 11.3 Å². The average molecular weight is 304 g/mol. The number of hydrogen-bond acceptors (Lipinski definition) is 7. The number of methoxy groups -OCH3 is 1. The molecule has 0 unspecified atom stereocenters. The van der Waals surface area contributed by atoms with Crippen molar-refractivity contribution >= 4 is 45.4 Å². The van der Waals surface area contributed by atoms with E-state index in [0.29, 0.717) is 16.6 Å². The van der Waals surface area contributed by atoms with Gasteiger partial charge in [0.25, 0.3) is 0 Å². The van der Waals surface area contributed by atoms with Gasteiger partial charge in [0.1, 0.15) is 0 Å². The molecule has 0 aliphatic carbocycles. The van der Waals surface area contributed by atoms with Crippen molar-refractivity contribution in [3.05, 3.63) is 26.1 Å². The Balaban J connectivity index is 2.04. The topological polar surface area (TPSA) is 64.1 Å². The summed E-state index contributed by atoms with van der Waals surface area (Å²) in [6.07, 6.45) is 1.81. The highest BCUT2D eigenvalue weighted by molar-refractivity contribution is 7.18. The number of ether oxygens (including phenoxy) is 1. The number of aryl methyl sites for hydroxylation is 1. The number of aromatic nitrogens is 2. The van der Waals surface area contributed by atoms with Crippen LogP contribution in [-0.4, -0.2) is 23.0 Å². The van der Waals surface area contributed by atoms with Gasteiger partial charge in [0, 0.05) is 11.1 Å². The van der Waals surface area contributed by atoms with Crippen LogP contribution in [0.25, 0.3) is 0 Å². The lowest BCUT2D eigenvalue weighted by Gasteiger charge is -1.97. The Bertz CT molecular complexity index is 567. The number of thiazole rings is 2. The molecule has 96 valence electrons. The van der Waals surface area contributed by atoms with E-state index in [9.17, 15) is 4.79 Å². The van der Waals surface area contributed by atoms with Gasteiger partial charge in [-0.2, -0.15) is 0 Å². The van der Waals surface area contributed by atoms with E-state index in [4.69, 9.17) is 11.6 Å². The van der Waals surface area contributed by atoms with Crippen molar-refractivity contribution in [2.75, 3.05) is 12.4 Å². The van der Waals surface area contributed by atoms with Crippen molar-refractivity contribution in [1.82, 2.24) is 9.97 Å². The molecule has 0 radical (unpaired) electrons. The Morgan fingerprint density at radius 2 is 2.33 bits per heavy atom. The van der Waals surface area contributed by atoms with Crippen LogP contribution in [0.15, 0.2) is 6.20 Å². The van der Waals surface area contributed by atoms with Crippen LogP contribution in [0.4, 0.5) is 5.13 Å². The molecule has 0 aliphatic heterocycles. The second-order valence-corrected chi connectivity index (χ2v) is 6.01. The van der Waals surface area contributed by atoms with Crippen LogP contribution in [0.3, 0.4) is 0 Å². The predicted octanol–water partition coefficient (Wildman–Crippen LogP) is 2.96. The van der Waals surface area contributed by atoms with Crippen molar-refractivity contribution in [1.29, 1.82) is 0 Å². The van der Waals surface area contributed by atoms with E-state index < -0.39 is 5.97 Å². The van der Waals surface area contributed by atoms with Crippen molar-refractivity contribution < 1.29 is 9.53 Å². The van der Waals surface area contributed by atoms with Gasteiger partial charge >= 0.3 is 5.97 Å². The summed E-state index contributed by atoms with van der Waals surface area (Å²) in [5.41, 5.74) is 0. The molecule has 0 bridgehead atoms. The number of carbonyl (C=O) groups is 1. The first-order valence-corrected chi connectivity index (χ1v) is 7.01. The van der Waals surface area contributed by atoms with Gasteiger partial charge in [-0.25, -0.2) is 14.8 Å². The normalized spacial score (nSPS) is 10.4. The summed E-state index contributed by atoms with van der Waals surface area (Å²) < 4.78 is 4.61. The van der Waals surface area contributed by atoms with E-state index in [1.165, 1.54) is 18.4 Å². The Kier molecular flexibility index (Phi) is 4.15. The number of carbonyl (C=O) groups excluding carboxylic acids is 1. The van der Waals surface area contributed by atoms with Crippen LogP contribution in [0.2, 0.25) is 5.15 Å². The standard InChI is InChI=1S/C10H10ClN3O2S2/c1-5-12-3-6(17-5)4-13-10-14-8(11)7(18-10)9(15)16-2/h3H,4H2,1-2H3,(H,13,14). The van der Waals surface area contributed by atoms with Crippen molar-refractivity contribution in [3.63, 3.8) is 0 Å². The first kappa shape index (κ1) is 13.3. The van der Waals surface area contributed by atoms with E-state index in [2.05, 4.69) is 20.0 Å². The number of esters is 1. The maximum absolute atomic E-state index is 11.4. The molecule has 0 saturated heterocycles. The maximum atomic E-state index is 11.4. The molecule has 0 aromatic carbocycles. The van der Waals surface area contributed by atoms with Gasteiger partial charge in [-0.1, -0.05) is 22.9 Å². The summed E-state index contributed by atoms with van der Waals surface area (Å²) in [6, 6.07) is 0. The molecule has 1 N–H and O–H groups in total. The van der Waals surface area contributed by atoms with Crippen molar-refractivity contribution in [2.24, 2.45) is 0 Å². The van der Waals surface area contributed by atoms with Gasteiger partial charge in [0.05, 0.1) is 18.7 Å². The Hall–Kier alpha value is -1.18. The lowest BCUT2D eigenvalue weighted by Crippen LogP contribution is -1.98. The fourth-order valence-corrected chi connectivity index (χ4v) is 3.08. The highest BCUT2D eigenvalue weighted by Gasteiger charge is 2.17. The zero-order chi connectivity index (χ0) is 13.1. The number of halogens is 1. The molecule has 0 saturated carbocycles. The third-order valence-electron chi connectivity index (χ3n) is 2.04. The number of nitrogens with zero attached hydrogens (tertiary/aromatic N) is 2. The van der Waals surface area contributed by atoms with E-state index in [0.717, 1.165) is 9.88 Å². The van der Waals surface area contributed by atoms with Crippen LogP contribution < -0.4 is 5.32 Å². The molecule has 2 aromatic heterocycles. The monoisotopic (exact) mass is 303 g/mol. The lowest BCUT2D eigenvalue weighted by molar-refractivity contribution is 0.0606.